The lowest BCUT2D eigenvalue weighted by Gasteiger charge is -2.33. The Morgan fingerprint density at radius 1 is 1.03 bits per heavy atom. The number of anilines is 1. The molecule has 0 aliphatic heterocycles. The number of benzene rings is 2. The molecule has 0 heterocycles. The van der Waals surface area contributed by atoms with E-state index in [0.29, 0.717) is 16.3 Å². The van der Waals surface area contributed by atoms with Crippen LogP contribution < -0.4 is 4.31 Å². The van der Waals surface area contributed by atoms with Gasteiger partial charge in [-0.05, 0) is 56.5 Å². The van der Waals surface area contributed by atoms with E-state index in [2.05, 4.69) is 0 Å². The minimum atomic E-state index is -3.94. The van der Waals surface area contributed by atoms with Gasteiger partial charge in [-0.3, -0.25) is 9.10 Å². The first-order valence-electron chi connectivity index (χ1n) is 10.3. The van der Waals surface area contributed by atoms with E-state index in [4.69, 9.17) is 11.6 Å². The minimum absolute atomic E-state index is 0.153. The van der Waals surface area contributed by atoms with Gasteiger partial charge >= 0.3 is 0 Å². The number of amides is 1. The molecular formula is C23H29ClN2O3S. The zero-order chi connectivity index (χ0) is 21.9. The van der Waals surface area contributed by atoms with Crippen molar-refractivity contribution in [3.8, 4) is 0 Å². The van der Waals surface area contributed by atoms with E-state index in [9.17, 15) is 13.2 Å². The summed E-state index contributed by atoms with van der Waals surface area (Å²) < 4.78 is 28.3. The number of hydrogen-bond donors (Lipinski definition) is 0. The second kappa shape index (κ2) is 9.40. The van der Waals surface area contributed by atoms with Gasteiger partial charge in [-0.15, -0.1) is 0 Å². The van der Waals surface area contributed by atoms with Gasteiger partial charge in [0.1, 0.15) is 6.54 Å². The molecular weight excluding hydrogens is 420 g/mol. The number of halogens is 1. The molecule has 0 saturated heterocycles. The second-order valence-corrected chi connectivity index (χ2v) is 10.3. The number of carbonyl (C=O) groups excluding carboxylic acids is 1. The molecule has 5 nitrogen and oxygen atoms in total. The molecule has 1 amide bonds. The van der Waals surface area contributed by atoms with Gasteiger partial charge < -0.3 is 4.90 Å². The maximum atomic E-state index is 13.6. The maximum absolute atomic E-state index is 13.6. The van der Waals surface area contributed by atoms with Gasteiger partial charge in [-0.25, -0.2) is 8.42 Å². The van der Waals surface area contributed by atoms with Crippen LogP contribution in [0, 0.1) is 13.8 Å². The van der Waals surface area contributed by atoms with E-state index in [0.717, 1.165) is 31.2 Å². The molecule has 0 aromatic heterocycles. The number of sulfonamides is 1. The van der Waals surface area contributed by atoms with Gasteiger partial charge in [0, 0.05) is 18.1 Å². The van der Waals surface area contributed by atoms with E-state index in [1.165, 1.54) is 10.7 Å². The number of nitrogens with zero attached hydrogens (tertiary/aromatic N) is 2. The SMILES string of the molecule is Cc1ccc(S(=O)(=O)N(CC(=O)N(C)C2CCCCC2)c2cccc(Cl)c2C)cc1. The smallest absolute Gasteiger partial charge is 0.264 e. The Bertz CT molecular complexity index is 1000. The Balaban J connectivity index is 1.98. The van der Waals surface area contributed by atoms with Crippen molar-refractivity contribution < 1.29 is 13.2 Å². The average Bonchev–Trinajstić information content (AvgIpc) is 2.74. The first kappa shape index (κ1) is 22.6. The largest absolute Gasteiger partial charge is 0.341 e. The van der Waals surface area contributed by atoms with Crippen molar-refractivity contribution in [2.75, 3.05) is 17.9 Å². The second-order valence-electron chi connectivity index (χ2n) is 8.01. The standard InChI is InChI=1S/C23H29ClN2O3S/c1-17-12-14-20(15-13-17)30(28,29)26(22-11-7-10-21(24)18(22)2)16-23(27)25(3)19-8-5-4-6-9-19/h7,10-15,19H,4-6,8-9,16H2,1-3H3. The van der Waals surface area contributed by atoms with E-state index in [1.807, 2.05) is 6.92 Å². The van der Waals surface area contributed by atoms with Gasteiger partial charge in [0.05, 0.1) is 10.6 Å². The third kappa shape index (κ3) is 4.81. The van der Waals surface area contributed by atoms with Gasteiger partial charge in [-0.1, -0.05) is 54.6 Å². The highest BCUT2D eigenvalue weighted by molar-refractivity contribution is 7.92. The first-order chi connectivity index (χ1) is 14.2. The fourth-order valence-corrected chi connectivity index (χ4v) is 5.55. The van der Waals surface area contributed by atoms with Crippen LogP contribution in [-0.4, -0.2) is 38.9 Å². The van der Waals surface area contributed by atoms with Crippen molar-refractivity contribution in [3.05, 3.63) is 58.6 Å². The molecule has 3 rings (SSSR count). The van der Waals surface area contributed by atoms with Crippen molar-refractivity contribution >= 4 is 33.2 Å². The molecule has 30 heavy (non-hydrogen) atoms. The molecule has 162 valence electrons. The Kier molecular flexibility index (Phi) is 7.09. The molecule has 1 fully saturated rings. The van der Waals surface area contributed by atoms with E-state index >= 15 is 0 Å². The van der Waals surface area contributed by atoms with Crippen LogP contribution >= 0.6 is 11.6 Å². The van der Waals surface area contributed by atoms with Crippen molar-refractivity contribution in [2.24, 2.45) is 0 Å². The predicted molar refractivity (Wildman–Crippen MR) is 122 cm³/mol. The van der Waals surface area contributed by atoms with Crippen LogP contribution in [0.3, 0.4) is 0 Å². The summed E-state index contributed by atoms with van der Waals surface area (Å²) in [4.78, 5) is 15.0. The number of likely N-dealkylation sites (N-methyl/N-ethyl adjacent to an activating group) is 1. The number of hydrogen-bond acceptors (Lipinski definition) is 3. The molecule has 1 aliphatic rings. The number of rotatable bonds is 6. The topological polar surface area (TPSA) is 57.7 Å². The lowest BCUT2D eigenvalue weighted by Crippen LogP contribution is -2.46. The lowest BCUT2D eigenvalue weighted by atomic mass is 9.94. The van der Waals surface area contributed by atoms with E-state index in [1.54, 1.807) is 61.3 Å². The highest BCUT2D eigenvalue weighted by Gasteiger charge is 2.31. The maximum Gasteiger partial charge on any atom is 0.264 e. The number of carbonyl (C=O) groups is 1. The van der Waals surface area contributed by atoms with Crippen LogP contribution in [0.5, 0.6) is 0 Å². The Labute approximate surface area is 184 Å². The molecule has 2 aromatic rings. The fraction of sp³-hybridized carbons (Fsp3) is 0.435. The highest BCUT2D eigenvalue weighted by Crippen LogP contribution is 2.31. The average molecular weight is 449 g/mol. The van der Waals surface area contributed by atoms with Crippen molar-refractivity contribution in [1.82, 2.24) is 4.90 Å². The van der Waals surface area contributed by atoms with Crippen LogP contribution in [0.2, 0.25) is 5.02 Å². The summed E-state index contributed by atoms with van der Waals surface area (Å²) >= 11 is 6.28. The van der Waals surface area contributed by atoms with Gasteiger partial charge in [-0.2, -0.15) is 0 Å². The zero-order valence-electron chi connectivity index (χ0n) is 17.8. The summed E-state index contributed by atoms with van der Waals surface area (Å²) in [6.45, 7) is 3.41. The quantitative estimate of drug-likeness (QED) is 0.628. The molecule has 0 unspecified atom stereocenters. The van der Waals surface area contributed by atoms with Gasteiger partial charge in [0.25, 0.3) is 10.0 Å². The van der Waals surface area contributed by atoms with Crippen LogP contribution in [0.1, 0.15) is 43.2 Å². The zero-order valence-corrected chi connectivity index (χ0v) is 19.3. The lowest BCUT2D eigenvalue weighted by molar-refractivity contribution is -0.130. The first-order valence-corrected chi connectivity index (χ1v) is 12.1. The molecule has 1 aliphatic carbocycles. The van der Waals surface area contributed by atoms with Crippen LogP contribution in [-0.2, 0) is 14.8 Å². The molecule has 7 heteroatoms. The minimum Gasteiger partial charge on any atom is -0.341 e. The summed E-state index contributed by atoms with van der Waals surface area (Å²) in [7, 11) is -2.16. The van der Waals surface area contributed by atoms with E-state index < -0.39 is 10.0 Å². The van der Waals surface area contributed by atoms with Crippen molar-refractivity contribution in [1.29, 1.82) is 0 Å². The molecule has 0 spiro atoms. The third-order valence-electron chi connectivity index (χ3n) is 5.91. The molecule has 0 bridgehead atoms. The molecule has 0 radical (unpaired) electrons. The fourth-order valence-electron chi connectivity index (χ4n) is 3.91. The Morgan fingerprint density at radius 2 is 1.67 bits per heavy atom. The normalized spacial score (nSPS) is 15.1. The van der Waals surface area contributed by atoms with Crippen molar-refractivity contribution in [3.63, 3.8) is 0 Å². The molecule has 0 N–H and O–H groups in total. The summed E-state index contributed by atoms with van der Waals surface area (Å²) in [6, 6.07) is 11.9. The van der Waals surface area contributed by atoms with Crippen molar-refractivity contribution in [2.45, 2.75) is 56.9 Å². The summed E-state index contributed by atoms with van der Waals surface area (Å²) in [5, 5.41) is 0.463. The highest BCUT2D eigenvalue weighted by atomic mass is 35.5. The van der Waals surface area contributed by atoms with Crippen LogP contribution in [0.15, 0.2) is 47.4 Å². The summed E-state index contributed by atoms with van der Waals surface area (Å²) in [6.07, 6.45) is 5.31. The Hall–Kier alpha value is -2.05. The predicted octanol–water partition coefficient (Wildman–Crippen LogP) is 4.94. The number of aryl methyl sites for hydroxylation is 1. The molecule has 0 atom stereocenters. The summed E-state index contributed by atoms with van der Waals surface area (Å²) in [5.41, 5.74) is 2.02. The third-order valence-corrected chi connectivity index (χ3v) is 8.09. The summed E-state index contributed by atoms with van der Waals surface area (Å²) in [5.74, 6) is -0.211. The van der Waals surface area contributed by atoms with Crippen LogP contribution in [0.4, 0.5) is 5.69 Å². The van der Waals surface area contributed by atoms with Gasteiger partial charge in [0.15, 0.2) is 0 Å². The van der Waals surface area contributed by atoms with Crippen LogP contribution in [0.25, 0.3) is 0 Å². The monoisotopic (exact) mass is 448 g/mol. The van der Waals surface area contributed by atoms with Gasteiger partial charge in [0.2, 0.25) is 5.91 Å². The Morgan fingerprint density at radius 3 is 2.30 bits per heavy atom. The molecule has 1 saturated carbocycles. The molecule has 2 aromatic carbocycles. The van der Waals surface area contributed by atoms with E-state index in [-0.39, 0.29) is 23.4 Å².